The zero-order chi connectivity index (χ0) is 6.27. The highest BCUT2D eigenvalue weighted by atomic mass is 15.5. The number of nitrogens with two attached hydrogens (primary N) is 1. The van der Waals surface area contributed by atoms with Crippen molar-refractivity contribution in [3.8, 4) is 0 Å². The smallest absolute Gasteiger partial charge is 0.251 e. The molecule has 0 aliphatic rings. The summed E-state index contributed by atoms with van der Waals surface area (Å²) in [5, 5.41) is 3.75. The van der Waals surface area contributed by atoms with Crippen molar-refractivity contribution in [3.63, 3.8) is 0 Å². The molecule has 9 heavy (non-hydrogen) atoms. The molecule has 0 amide bonds. The van der Waals surface area contributed by atoms with Crippen LogP contribution in [0.2, 0.25) is 0 Å². The molecule has 0 saturated heterocycles. The van der Waals surface area contributed by atoms with E-state index in [1.54, 1.807) is 23.1 Å². The molecule has 2 N–H and O–H groups in total. The topological polar surface area (TPSA) is 61.1 Å². The quantitative estimate of drug-likeness (QED) is 0.468. The molecule has 2 heterocycles. The summed E-state index contributed by atoms with van der Waals surface area (Å²) in [7, 11) is 0. The van der Waals surface area contributed by atoms with Crippen LogP contribution < -0.4 is 5.84 Å². The molecule has 0 saturated carbocycles. The van der Waals surface area contributed by atoms with E-state index in [9.17, 15) is 0 Å². The maximum atomic E-state index is 5.34. The van der Waals surface area contributed by atoms with Crippen LogP contribution in [0.5, 0.6) is 0 Å². The highest BCUT2D eigenvalue weighted by Gasteiger charge is 1.95. The van der Waals surface area contributed by atoms with Gasteiger partial charge in [0.15, 0.2) is 0 Å². The van der Waals surface area contributed by atoms with Crippen LogP contribution in [0.4, 0.5) is 0 Å². The Morgan fingerprint density at radius 3 is 3.22 bits per heavy atom. The van der Waals surface area contributed by atoms with Gasteiger partial charge in [-0.25, -0.2) is 4.98 Å². The Morgan fingerprint density at radius 2 is 2.44 bits per heavy atom. The highest BCUT2D eigenvalue weighted by molar-refractivity contribution is 5.26. The Balaban J connectivity index is 2.99. The number of imidazole rings is 1. The summed E-state index contributed by atoms with van der Waals surface area (Å²) >= 11 is 0. The lowest BCUT2D eigenvalue weighted by Gasteiger charge is -1.82. The van der Waals surface area contributed by atoms with Gasteiger partial charge in [-0.15, -0.1) is 9.89 Å². The monoisotopic (exact) mass is 123 g/mol. The van der Waals surface area contributed by atoms with E-state index in [1.807, 2.05) is 0 Å². The molecule has 2 rings (SSSR count). The average molecular weight is 123 g/mol. The summed E-state index contributed by atoms with van der Waals surface area (Å²) in [6.45, 7) is 0. The van der Waals surface area contributed by atoms with Crippen molar-refractivity contribution in [1.82, 2.24) is 19.3 Å². The zero-order valence-corrected chi connectivity index (χ0v) is 4.60. The third-order valence-corrected chi connectivity index (χ3v) is 1.15. The molecular weight excluding hydrogens is 118 g/mol. The van der Waals surface area contributed by atoms with Gasteiger partial charge in [-0.2, -0.15) is 0 Å². The summed E-state index contributed by atoms with van der Waals surface area (Å²) in [5.41, 5.74) is 0. The minimum Gasteiger partial charge on any atom is -0.320 e. The largest absolute Gasteiger partial charge is 0.320 e. The molecule has 0 bridgehead atoms. The van der Waals surface area contributed by atoms with Crippen molar-refractivity contribution in [2.45, 2.75) is 0 Å². The number of aromatic nitrogens is 4. The van der Waals surface area contributed by atoms with Crippen LogP contribution in [0.25, 0.3) is 5.78 Å². The molecular formula is C4H5N5. The van der Waals surface area contributed by atoms with Crippen LogP contribution in [-0.2, 0) is 0 Å². The number of nitrogen functional groups attached to an aromatic ring is 1. The van der Waals surface area contributed by atoms with Crippen molar-refractivity contribution in [2.24, 2.45) is 0 Å². The summed E-state index contributed by atoms with van der Waals surface area (Å²) in [5.74, 6) is 5.99. The first kappa shape index (κ1) is 4.37. The van der Waals surface area contributed by atoms with Gasteiger partial charge in [0.05, 0.1) is 0 Å². The average Bonchev–Trinajstić information content (AvgIpc) is 2.35. The van der Waals surface area contributed by atoms with Gasteiger partial charge in [0.1, 0.15) is 6.33 Å². The molecule has 2 aromatic heterocycles. The molecule has 0 aliphatic carbocycles. The Labute approximate surface area is 50.7 Å². The van der Waals surface area contributed by atoms with Crippen LogP contribution in [-0.4, -0.2) is 19.3 Å². The van der Waals surface area contributed by atoms with Crippen molar-refractivity contribution >= 4 is 5.78 Å². The third-order valence-electron chi connectivity index (χ3n) is 1.15. The number of hydrogen-bond donors (Lipinski definition) is 1. The van der Waals surface area contributed by atoms with Gasteiger partial charge in [0.25, 0.3) is 5.78 Å². The van der Waals surface area contributed by atoms with Crippen LogP contribution in [0.1, 0.15) is 0 Å². The van der Waals surface area contributed by atoms with Gasteiger partial charge in [0.2, 0.25) is 0 Å². The van der Waals surface area contributed by atoms with Crippen molar-refractivity contribution in [1.29, 1.82) is 0 Å². The summed E-state index contributed by atoms with van der Waals surface area (Å²) in [4.78, 5) is 5.14. The Bertz CT molecular complexity index is 318. The lowest BCUT2D eigenvalue weighted by Crippen LogP contribution is -2.09. The lowest BCUT2D eigenvalue weighted by atomic mass is 10.9. The summed E-state index contributed by atoms with van der Waals surface area (Å²) in [6, 6.07) is 0. The molecule has 2 aromatic rings. The number of fused-ring (bicyclic) bond motifs is 1. The van der Waals surface area contributed by atoms with E-state index in [1.165, 1.54) is 4.79 Å². The van der Waals surface area contributed by atoms with Crippen LogP contribution in [0, 0.1) is 0 Å². The number of hydrogen-bond acceptors (Lipinski definition) is 3. The van der Waals surface area contributed by atoms with Crippen LogP contribution in [0.3, 0.4) is 0 Å². The fourth-order valence-corrected chi connectivity index (χ4v) is 0.736. The van der Waals surface area contributed by atoms with Gasteiger partial charge in [-0.1, -0.05) is 0 Å². The van der Waals surface area contributed by atoms with Crippen molar-refractivity contribution in [3.05, 3.63) is 18.7 Å². The summed E-state index contributed by atoms with van der Waals surface area (Å²) in [6.07, 6.45) is 5.05. The van der Waals surface area contributed by atoms with E-state index in [2.05, 4.69) is 10.1 Å². The van der Waals surface area contributed by atoms with Crippen molar-refractivity contribution in [2.75, 3.05) is 5.84 Å². The highest BCUT2D eigenvalue weighted by Crippen LogP contribution is 1.92. The Morgan fingerprint density at radius 1 is 1.56 bits per heavy atom. The molecule has 0 atom stereocenters. The fraction of sp³-hybridized carbons (Fsp3) is 0. The van der Waals surface area contributed by atoms with Crippen molar-refractivity contribution < 1.29 is 0 Å². The standard InChI is InChI=1S/C4H5N5/c5-9-4-6-1-2-8(4)3-7-9/h1-3H,5H2. The lowest BCUT2D eigenvalue weighted by molar-refractivity contribution is 0.850. The number of nitrogens with zero attached hydrogens (tertiary/aromatic N) is 4. The Kier molecular flexibility index (Phi) is 0.606. The minimum atomic E-state index is 0.648. The number of rotatable bonds is 0. The molecule has 0 aromatic carbocycles. The molecule has 0 unspecified atom stereocenters. The third kappa shape index (κ3) is 0.426. The van der Waals surface area contributed by atoms with E-state index in [-0.39, 0.29) is 0 Å². The van der Waals surface area contributed by atoms with Gasteiger partial charge >= 0.3 is 0 Å². The van der Waals surface area contributed by atoms with Crippen LogP contribution in [0.15, 0.2) is 18.7 Å². The molecule has 0 spiro atoms. The summed E-state index contributed by atoms with van der Waals surface area (Å²) < 4.78 is 1.74. The minimum absolute atomic E-state index is 0.648. The van der Waals surface area contributed by atoms with Gasteiger partial charge in [0, 0.05) is 12.4 Å². The maximum Gasteiger partial charge on any atom is 0.251 e. The molecule has 0 fully saturated rings. The molecule has 0 radical (unpaired) electrons. The first-order chi connectivity index (χ1) is 4.38. The normalized spacial score (nSPS) is 10.7. The predicted octanol–water partition coefficient (Wildman–Crippen LogP) is -0.755. The zero-order valence-electron chi connectivity index (χ0n) is 4.60. The van der Waals surface area contributed by atoms with E-state index in [0.717, 1.165) is 0 Å². The second kappa shape index (κ2) is 1.25. The molecule has 5 nitrogen and oxygen atoms in total. The predicted molar refractivity (Wildman–Crippen MR) is 31.1 cm³/mol. The van der Waals surface area contributed by atoms with Gasteiger partial charge < -0.3 is 5.84 Å². The van der Waals surface area contributed by atoms with Crippen LogP contribution >= 0.6 is 0 Å². The van der Waals surface area contributed by atoms with E-state index in [4.69, 9.17) is 5.84 Å². The second-order valence-electron chi connectivity index (χ2n) is 1.71. The first-order valence-corrected chi connectivity index (χ1v) is 2.50. The van der Waals surface area contributed by atoms with E-state index in [0.29, 0.717) is 5.78 Å². The Hall–Kier alpha value is -1.52. The molecule has 0 aliphatic heterocycles. The maximum absolute atomic E-state index is 5.34. The van der Waals surface area contributed by atoms with Gasteiger partial charge in [-0.05, 0) is 0 Å². The van der Waals surface area contributed by atoms with Gasteiger partial charge in [-0.3, -0.25) is 4.40 Å². The van der Waals surface area contributed by atoms with E-state index >= 15 is 0 Å². The second-order valence-corrected chi connectivity index (χ2v) is 1.71. The fourth-order valence-electron chi connectivity index (χ4n) is 0.736. The SMILES string of the molecule is Nn1ncn2ccnc12. The molecule has 5 heteroatoms. The van der Waals surface area contributed by atoms with E-state index < -0.39 is 0 Å². The first-order valence-electron chi connectivity index (χ1n) is 2.50. The molecule has 46 valence electrons.